The summed E-state index contributed by atoms with van der Waals surface area (Å²) < 4.78 is 35.5. The van der Waals surface area contributed by atoms with E-state index in [2.05, 4.69) is 5.32 Å². The van der Waals surface area contributed by atoms with Crippen LogP contribution in [-0.4, -0.2) is 40.7 Å². The van der Waals surface area contributed by atoms with Crippen molar-refractivity contribution >= 4 is 23.6 Å². The lowest BCUT2D eigenvalue weighted by Gasteiger charge is -2.12. The summed E-state index contributed by atoms with van der Waals surface area (Å²) >= 11 is 0.505. The molecule has 1 fully saturated rings. The van der Waals surface area contributed by atoms with Gasteiger partial charge in [-0.3, -0.25) is 9.59 Å². The van der Waals surface area contributed by atoms with Gasteiger partial charge >= 0.3 is 12.1 Å². The minimum atomic E-state index is -4.27. The quantitative estimate of drug-likeness (QED) is 0.806. The van der Waals surface area contributed by atoms with Crippen molar-refractivity contribution in [3.05, 3.63) is 0 Å². The van der Waals surface area contributed by atoms with E-state index in [1.54, 1.807) is 0 Å². The Morgan fingerprint density at radius 2 is 2.00 bits per heavy atom. The van der Waals surface area contributed by atoms with Crippen molar-refractivity contribution < 1.29 is 27.9 Å². The zero-order chi connectivity index (χ0) is 13.8. The predicted octanol–water partition coefficient (Wildman–Crippen LogP) is 1.65. The number of hydrogen-bond donors (Lipinski definition) is 2. The van der Waals surface area contributed by atoms with Crippen LogP contribution in [-0.2, 0) is 9.59 Å². The van der Waals surface area contributed by atoms with Crippen LogP contribution in [0.2, 0.25) is 0 Å². The van der Waals surface area contributed by atoms with Crippen LogP contribution in [0.25, 0.3) is 0 Å². The molecule has 0 aliphatic heterocycles. The summed E-state index contributed by atoms with van der Waals surface area (Å²) in [5, 5.41) is 11.3. The number of carboxylic acids is 1. The summed E-state index contributed by atoms with van der Waals surface area (Å²) in [5.41, 5.74) is 0. The Labute approximate surface area is 106 Å². The number of thioether (sulfide) groups is 1. The molecule has 2 atom stereocenters. The third-order valence-electron chi connectivity index (χ3n) is 2.65. The van der Waals surface area contributed by atoms with E-state index in [0.717, 1.165) is 0 Å². The molecule has 4 nitrogen and oxygen atoms in total. The standard InChI is InChI=1S/C10H14F3NO3S/c11-10(12,13)5-18-4-8(15)14-7-2-1-6(3-7)9(16)17/h6-7H,1-5H2,(H,14,15)(H,16,17)/t6-,7+/m1/s1. The first-order chi connectivity index (χ1) is 8.28. The van der Waals surface area contributed by atoms with E-state index in [0.29, 0.717) is 31.0 Å². The number of carbonyl (C=O) groups is 2. The fourth-order valence-corrected chi connectivity index (χ4v) is 2.47. The number of hydrogen-bond acceptors (Lipinski definition) is 3. The van der Waals surface area contributed by atoms with Gasteiger partial charge in [0.25, 0.3) is 0 Å². The van der Waals surface area contributed by atoms with Gasteiger partial charge in [-0.05, 0) is 19.3 Å². The van der Waals surface area contributed by atoms with E-state index in [9.17, 15) is 22.8 Å². The maximum Gasteiger partial charge on any atom is 0.397 e. The molecule has 0 spiro atoms. The van der Waals surface area contributed by atoms with Gasteiger partial charge < -0.3 is 10.4 Å². The summed E-state index contributed by atoms with van der Waals surface area (Å²) in [4.78, 5) is 22.0. The topological polar surface area (TPSA) is 66.4 Å². The van der Waals surface area contributed by atoms with Crippen LogP contribution in [0.15, 0.2) is 0 Å². The number of carbonyl (C=O) groups excluding carboxylic acids is 1. The van der Waals surface area contributed by atoms with Gasteiger partial charge in [0.05, 0.1) is 17.4 Å². The number of aliphatic carboxylic acids is 1. The first kappa shape index (κ1) is 15.1. The van der Waals surface area contributed by atoms with Crippen LogP contribution >= 0.6 is 11.8 Å². The first-order valence-electron chi connectivity index (χ1n) is 5.44. The molecule has 0 radical (unpaired) electrons. The average Bonchev–Trinajstić information content (AvgIpc) is 2.64. The second-order valence-corrected chi connectivity index (χ2v) is 5.21. The molecule has 1 rings (SSSR count). The lowest BCUT2D eigenvalue weighted by molar-refractivity contribution is -0.141. The molecule has 1 amide bonds. The van der Waals surface area contributed by atoms with E-state index in [-0.39, 0.29) is 11.8 Å². The van der Waals surface area contributed by atoms with E-state index in [4.69, 9.17) is 5.11 Å². The zero-order valence-electron chi connectivity index (χ0n) is 9.50. The van der Waals surface area contributed by atoms with Crippen LogP contribution in [0.3, 0.4) is 0 Å². The fraction of sp³-hybridized carbons (Fsp3) is 0.800. The SMILES string of the molecule is O=C(CSCC(F)(F)F)N[C@H]1CC[C@@H](C(=O)O)C1. The molecule has 0 aromatic carbocycles. The van der Waals surface area contributed by atoms with Crippen molar-refractivity contribution in [2.45, 2.75) is 31.5 Å². The average molecular weight is 285 g/mol. The number of carboxylic acid groups (broad SMARTS) is 1. The number of halogens is 3. The lowest BCUT2D eigenvalue weighted by Crippen LogP contribution is -2.34. The largest absolute Gasteiger partial charge is 0.481 e. The Kier molecular flexibility index (Phi) is 5.30. The van der Waals surface area contributed by atoms with Gasteiger partial charge in [0.15, 0.2) is 0 Å². The van der Waals surface area contributed by atoms with Crippen LogP contribution in [0.5, 0.6) is 0 Å². The highest BCUT2D eigenvalue weighted by atomic mass is 32.2. The van der Waals surface area contributed by atoms with Crippen molar-refractivity contribution in [3.63, 3.8) is 0 Å². The van der Waals surface area contributed by atoms with E-state index in [1.807, 2.05) is 0 Å². The summed E-state index contributed by atoms with van der Waals surface area (Å²) in [6.07, 6.45) is -2.86. The summed E-state index contributed by atoms with van der Waals surface area (Å²) in [6.45, 7) is 0. The van der Waals surface area contributed by atoms with Crippen LogP contribution < -0.4 is 5.32 Å². The summed E-state index contributed by atoms with van der Waals surface area (Å²) in [6, 6.07) is -0.231. The number of amides is 1. The van der Waals surface area contributed by atoms with Crippen molar-refractivity contribution in [1.82, 2.24) is 5.32 Å². The molecule has 1 aliphatic rings. The monoisotopic (exact) mass is 285 g/mol. The van der Waals surface area contributed by atoms with Gasteiger partial charge in [0, 0.05) is 6.04 Å². The molecule has 0 aromatic rings. The normalized spacial score (nSPS) is 23.9. The third kappa shape index (κ3) is 5.61. The third-order valence-corrected chi connectivity index (χ3v) is 3.64. The molecule has 8 heteroatoms. The molecule has 1 saturated carbocycles. The first-order valence-corrected chi connectivity index (χ1v) is 6.60. The second-order valence-electron chi connectivity index (χ2n) is 4.22. The van der Waals surface area contributed by atoms with Gasteiger partial charge in [-0.25, -0.2) is 0 Å². The molecule has 0 bridgehead atoms. The number of rotatable bonds is 5. The molecule has 0 aromatic heterocycles. The number of nitrogens with one attached hydrogen (secondary N) is 1. The lowest BCUT2D eigenvalue weighted by atomic mass is 10.1. The highest BCUT2D eigenvalue weighted by Gasteiger charge is 2.31. The highest BCUT2D eigenvalue weighted by molar-refractivity contribution is 8.00. The molecule has 2 N–H and O–H groups in total. The Morgan fingerprint density at radius 1 is 1.33 bits per heavy atom. The molecular weight excluding hydrogens is 271 g/mol. The van der Waals surface area contributed by atoms with Gasteiger partial charge in [0.1, 0.15) is 0 Å². The van der Waals surface area contributed by atoms with Crippen LogP contribution in [0.4, 0.5) is 13.2 Å². The van der Waals surface area contributed by atoms with E-state index < -0.39 is 29.7 Å². The van der Waals surface area contributed by atoms with Crippen LogP contribution in [0, 0.1) is 5.92 Å². The minimum absolute atomic E-state index is 0.231. The van der Waals surface area contributed by atoms with Crippen molar-refractivity contribution in [2.24, 2.45) is 5.92 Å². The van der Waals surface area contributed by atoms with E-state index in [1.165, 1.54) is 0 Å². The Balaban J connectivity index is 2.20. The fourth-order valence-electron chi connectivity index (χ4n) is 1.87. The van der Waals surface area contributed by atoms with Gasteiger partial charge in [0.2, 0.25) is 5.91 Å². The summed E-state index contributed by atoms with van der Waals surface area (Å²) in [7, 11) is 0. The second kappa shape index (κ2) is 6.31. The highest BCUT2D eigenvalue weighted by Crippen LogP contribution is 2.26. The maximum absolute atomic E-state index is 11.8. The molecular formula is C10H14F3NO3S. The van der Waals surface area contributed by atoms with Crippen molar-refractivity contribution in [1.29, 1.82) is 0 Å². The van der Waals surface area contributed by atoms with Crippen LogP contribution in [0.1, 0.15) is 19.3 Å². The maximum atomic E-state index is 11.8. The minimum Gasteiger partial charge on any atom is -0.481 e. The Morgan fingerprint density at radius 3 is 2.50 bits per heavy atom. The van der Waals surface area contributed by atoms with Gasteiger partial charge in [-0.1, -0.05) is 0 Å². The van der Waals surface area contributed by atoms with E-state index >= 15 is 0 Å². The smallest absolute Gasteiger partial charge is 0.397 e. The van der Waals surface area contributed by atoms with Gasteiger partial charge in [-0.2, -0.15) is 13.2 Å². The molecule has 0 unspecified atom stereocenters. The number of alkyl halides is 3. The molecule has 18 heavy (non-hydrogen) atoms. The molecule has 104 valence electrons. The predicted molar refractivity (Wildman–Crippen MR) is 60.3 cm³/mol. The zero-order valence-corrected chi connectivity index (χ0v) is 10.3. The van der Waals surface area contributed by atoms with Gasteiger partial charge in [-0.15, -0.1) is 11.8 Å². The molecule has 0 saturated heterocycles. The Bertz CT molecular complexity index is 322. The van der Waals surface area contributed by atoms with Crippen molar-refractivity contribution in [3.8, 4) is 0 Å². The molecule has 0 heterocycles. The molecule has 1 aliphatic carbocycles. The Hall–Kier alpha value is -0.920. The van der Waals surface area contributed by atoms with Crippen molar-refractivity contribution in [2.75, 3.05) is 11.5 Å². The summed E-state index contributed by atoms with van der Waals surface area (Å²) in [5.74, 6) is -3.13.